The summed E-state index contributed by atoms with van der Waals surface area (Å²) in [6.45, 7) is -0.0285. The summed E-state index contributed by atoms with van der Waals surface area (Å²) in [7, 11) is -2.66. The Morgan fingerprint density at radius 2 is 1.84 bits per heavy atom. The highest BCUT2D eigenvalue weighted by molar-refractivity contribution is 7.90. The zero-order valence-corrected chi connectivity index (χ0v) is 10.9. The lowest BCUT2D eigenvalue weighted by molar-refractivity contribution is -0.137. The Kier molecular flexibility index (Phi) is 5.02. The standard InChI is InChI=1S/C11H13NO6S/c1-18-10(13)7-19(16,17)12-6-8-2-4-9(5-3-8)11(14)15/h2-5,12H,6-7H2,1H3,(H,14,15). The Labute approximate surface area is 110 Å². The highest BCUT2D eigenvalue weighted by Gasteiger charge is 2.16. The Morgan fingerprint density at radius 1 is 1.26 bits per heavy atom. The number of carboxylic acid groups (broad SMARTS) is 1. The molecular weight excluding hydrogens is 274 g/mol. The summed E-state index contributed by atoms with van der Waals surface area (Å²) in [6, 6.07) is 5.72. The fraction of sp³-hybridized carbons (Fsp3) is 0.273. The molecule has 1 aromatic carbocycles. The second-order valence-electron chi connectivity index (χ2n) is 3.66. The van der Waals surface area contributed by atoms with Crippen molar-refractivity contribution < 1.29 is 27.9 Å². The first-order valence-corrected chi connectivity index (χ1v) is 6.85. The number of aromatic carboxylic acids is 1. The largest absolute Gasteiger partial charge is 0.478 e. The van der Waals surface area contributed by atoms with Crippen molar-refractivity contribution in [3.63, 3.8) is 0 Å². The lowest BCUT2D eigenvalue weighted by Crippen LogP contribution is -2.30. The molecule has 7 nitrogen and oxygen atoms in total. The number of carbonyl (C=O) groups excluding carboxylic acids is 1. The number of nitrogens with one attached hydrogen (secondary N) is 1. The van der Waals surface area contributed by atoms with E-state index in [1.165, 1.54) is 24.3 Å². The van der Waals surface area contributed by atoms with E-state index in [9.17, 15) is 18.0 Å². The van der Waals surface area contributed by atoms with Gasteiger partial charge in [-0.05, 0) is 17.7 Å². The number of benzene rings is 1. The number of carbonyl (C=O) groups is 2. The average molecular weight is 287 g/mol. The van der Waals surface area contributed by atoms with Crippen molar-refractivity contribution in [2.24, 2.45) is 0 Å². The van der Waals surface area contributed by atoms with Gasteiger partial charge in [-0.3, -0.25) is 4.79 Å². The van der Waals surface area contributed by atoms with Gasteiger partial charge in [-0.25, -0.2) is 17.9 Å². The molecule has 0 amide bonds. The molecule has 0 aliphatic rings. The summed E-state index contributed by atoms with van der Waals surface area (Å²) < 4.78 is 29.4. The van der Waals surface area contributed by atoms with Gasteiger partial charge >= 0.3 is 11.9 Å². The molecule has 0 atom stereocenters. The second-order valence-corrected chi connectivity index (χ2v) is 5.47. The third-order valence-corrected chi connectivity index (χ3v) is 3.43. The van der Waals surface area contributed by atoms with E-state index >= 15 is 0 Å². The van der Waals surface area contributed by atoms with Gasteiger partial charge in [0.2, 0.25) is 10.0 Å². The first kappa shape index (κ1) is 15.1. The Hall–Kier alpha value is -1.93. The molecule has 0 bridgehead atoms. The highest BCUT2D eigenvalue weighted by Crippen LogP contribution is 2.04. The van der Waals surface area contributed by atoms with Crippen molar-refractivity contribution in [1.29, 1.82) is 0 Å². The predicted molar refractivity (Wildman–Crippen MR) is 66.0 cm³/mol. The van der Waals surface area contributed by atoms with Gasteiger partial charge in [0.05, 0.1) is 12.7 Å². The Morgan fingerprint density at radius 3 is 2.32 bits per heavy atom. The van der Waals surface area contributed by atoms with E-state index in [2.05, 4.69) is 9.46 Å². The van der Waals surface area contributed by atoms with Crippen LogP contribution in [0.2, 0.25) is 0 Å². The van der Waals surface area contributed by atoms with Crippen LogP contribution in [0.1, 0.15) is 15.9 Å². The van der Waals surface area contributed by atoms with Gasteiger partial charge < -0.3 is 9.84 Å². The highest BCUT2D eigenvalue weighted by atomic mass is 32.2. The maximum Gasteiger partial charge on any atom is 0.335 e. The van der Waals surface area contributed by atoms with Gasteiger partial charge in [-0.1, -0.05) is 12.1 Å². The van der Waals surface area contributed by atoms with Crippen molar-refractivity contribution in [2.45, 2.75) is 6.54 Å². The van der Waals surface area contributed by atoms with Crippen molar-refractivity contribution in [3.05, 3.63) is 35.4 Å². The van der Waals surface area contributed by atoms with Crippen LogP contribution in [0.5, 0.6) is 0 Å². The minimum absolute atomic E-state index is 0.0285. The maximum atomic E-state index is 11.4. The fourth-order valence-electron chi connectivity index (χ4n) is 1.22. The molecule has 0 aliphatic heterocycles. The van der Waals surface area contributed by atoms with E-state index < -0.39 is 27.7 Å². The van der Waals surface area contributed by atoms with Crippen LogP contribution < -0.4 is 4.72 Å². The smallest absolute Gasteiger partial charge is 0.335 e. The molecule has 0 fully saturated rings. The summed E-state index contributed by atoms with van der Waals surface area (Å²) in [6.07, 6.45) is 0. The predicted octanol–water partition coefficient (Wildman–Crippen LogP) is -0.0228. The van der Waals surface area contributed by atoms with E-state index in [-0.39, 0.29) is 12.1 Å². The monoisotopic (exact) mass is 287 g/mol. The molecule has 0 aliphatic carbocycles. The number of carboxylic acids is 1. The quantitative estimate of drug-likeness (QED) is 0.711. The van der Waals surface area contributed by atoms with E-state index in [4.69, 9.17) is 5.11 Å². The van der Waals surface area contributed by atoms with Gasteiger partial charge in [0.1, 0.15) is 0 Å². The van der Waals surface area contributed by atoms with Gasteiger partial charge in [0, 0.05) is 6.54 Å². The lowest BCUT2D eigenvalue weighted by Gasteiger charge is -2.06. The molecule has 1 aromatic rings. The summed E-state index contributed by atoms with van der Waals surface area (Å²) in [5.74, 6) is -2.66. The van der Waals surface area contributed by atoms with Crippen LogP contribution in [0.4, 0.5) is 0 Å². The van der Waals surface area contributed by atoms with Crippen molar-refractivity contribution in [3.8, 4) is 0 Å². The van der Waals surface area contributed by atoms with E-state index in [1.54, 1.807) is 0 Å². The van der Waals surface area contributed by atoms with Crippen LogP contribution in [0.3, 0.4) is 0 Å². The van der Waals surface area contributed by atoms with E-state index in [0.29, 0.717) is 5.56 Å². The summed E-state index contributed by atoms with van der Waals surface area (Å²) in [4.78, 5) is 21.5. The fourth-order valence-corrected chi connectivity index (χ4v) is 2.14. The van der Waals surface area contributed by atoms with Crippen LogP contribution in [0.15, 0.2) is 24.3 Å². The van der Waals surface area contributed by atoms with Crippen molar-refractivity contribution in [2.75, 3.05) is 12.9 Å². The van der Waals surface area contributed by atoms with Gasteiger partial charge in [0.25, 0.3) is 0 Å². The number of hydrogen-bond acceptors (Lipinski definition) is 5. The maximum absolute atomic E-state index is 11.4. The normalized spacial score (nSPS) is 11.0. The van der Waals surface area contributed by atoms with Gasteiger partial charge in [-0.2, -0.15) is 0 Å². The van der Waals surface area contributed by atoms with Crippen molar-refractivity contribution >= 4 is 22.0 Å². The van der Waals surface area contributed by atoms with Crippen LogP contribution >= 0.6 is 0 Å². The third-order valence-electron chi connectivity index (χ3n) is 2.23. The Bertz CT molecular complexity index is 563. The average Bonchev–Trinajstić information content (AvgIpc) is 2.36. The third kappa shape index (κ3) is 5.06. The van der Waals surface area contributed by atoms with Crippen LogP contribution in [0.25, 0.3) is 0 Å². The molecule has 0 heterocycles. The van der Waals surface area contributed by atoms with E-state index in [1.807, 2.05) is 0 Å². The van der Waals surface area contributed by atoms with Gasteiger partial charge in [0.15, 0.2) is 5.75 Å². The molecule has 8 heteroatoms. The van der Waals surface area contributed by atoms with Gasteiger partial charge in [-0.15, -0.1) is 0 Å². The number of sulfonamides is 1. The Balaban J connectivity index is 2.61. The van der Waals surface area contributed by atoms with E-state index in [0.717, 1.165) is 7.11 Å². The number of rotatable bonds is 6. The molecule has 0 aromatic heterocycles. The molecular formula is C11H13NO6S. The minimum Gasteiger partial charge on any atom is -0.478 e. The van der Waals surface area contributed by atoms with Crippen LogP contribution in [-0.2, 0) is 26.1 Å². The molecule has 0 radical (unpaired) electrons. The summed E-state index contributed by atoms with van der Waals surface area (Å²) in [5.41, 5.74) is 0.694. The van der Waals surface area contributed by atoms with Crippen LogP contribution in [0, 0.1) is 0 Å². The van der Waals surface area contributed by atoms with Crippen LogP contribution in [-0.4, -0.2) is 38.3 Å². The number of ether oxygens (including phenoxy) is 1. The minimum atomic E-state index is -3.76. The topological polar surface area (TPSA) is 110 Å². The SMILES string of the molecule is COC(=O)CS(=O)(=O)NCc1ccc(C(=O)O)cc1. The lowest BCUT2D eigenvalue weighted by atomic mass is 10.1. The second kappa shape index (κ2) is 6.30. The molecule has 104 valence electrons. The number of esters is 1. The number of methoxy groups -OCH3 is 1. The zero-order valence-electron chi connectivity index (χ0n) is 10.1. The summed E-state index contributed by atoms with van der Waals surface area (Å²) >= 11 is 0. The first-order valence-electron chi connectivity index (χ1n) is 5.20. The molecule has 0 saturated carbocycles. The molecule has 2 N–H and O–H groups in total. The molecule has 0 unspecified atom stereocenters. The zero-order chi connectivity index (χ0) is 14.5. The molecule has 1 rings (SSSR count). The van der Waals surface area contributed by atoms with Crippen molar-refractivity contribution in [1.82, 2.24) is 4.72 Å². The summed E-state index contributed by atoms with van der Waals surface area (Å²) in [5, 5.41) is 8.70. The molecule has 19 heavy (non-hydrogen) atoms. The molecule has 0 spiro atoms. The first-order chi connectivity index (χ1) is 8.84. The molecule has 0 saturated heterocycles. The number of hydrogen-bond donors (Lipinski definition) is 2.